The summed E-state index contributed by atoms with van der Waals surface area (Å²) in [4.78, 5) is 20.6. The van der Waals surface area contributed by atoms with Gasteiger partial charge in [0.1, 0.15) is 23.4 Å². The van der Waals surface area contributed by atoms with Crippen LogP contribution < -0.4 is 5.32 Å². The second kappa shape index (κ2) is 8.44. The molecular formula is C18H12Br2F3N3O2. The number of rotatable bonds is 4. The van der Waals surface area contributed by atoms with Crippen molar-refractivity contribution >= 4 is 43.7 Å². The van der Waals surface area contributed by atoms with E-state index in [1.54, 1.807) is 0 Å². The van der Waals surface area contributed by atoms with Crippen LogP contribution in [0, 0.1) is 17.5 Å². The first-order chi connectivity index (χ1) is 13.3. The Balaban J connectivity index is 2.20. The Kier molecular flexibility index (Phi) is 6.19. The van der Waals surface area contributed by atoms with Crippen molar-refractivity contribution in [2.24, 2.45) is 4.99 Å². The lowest BCUT2D eigenvalue weighted by Gasteiger charge is -2.27. The molecule has 146 valence electrons. The van der Waals surface area contributed by atoms with Crippen molar-refractivity contribution in [2.45, 2.75) is 6.04 Å². The second-order valence-electron chi connectivity index (χ2n) is 5.67. The number of halogens is 5. The van der Waals surface area contributed by atoms with Crippen molar-refractivity contribution < 1.29 is 22.7 Å². The minimum atomic E-state index is -0.933. The summed E-state index contributed by atoms with van der Waals surface area (Å²) >= 11 is 6.55. The summed E-state index contributed by atoms with van der Waals surface area (Å²) in [7, 11) is 1.22. The Hall–Kier alpha value is -2.20. The first-order valence-corrected chi connectivity index (χ1v) is 9.75. The molecule has 5 nitrogen and oxygen atoms in total. The van der Waals surface area contributed by atoms with Crippen molar-refractivity contribution in [3.05, 3.63) is 74.9 Å². The largest absolute Gasteiger partial charge is 0.466 e. The molecule has 0 fully saturated rings. The Labute approximate surface area is 175 Å². The third-order valence-corrected chi connectivity index (χ3v) is 5.20. The highest BCUT2D eigenvalue weighted by molar-refractivity contribution is 9.10. The quantitative estimate of drug-likeness (QED) is 0.487. The van der Waals surface area contributed by atoms with Gasteiger partial charge < -0.3 is 10.1 Å². The number of nitrogens with zero attached hydrogens (tertiary/aromatic N) is 2. The highest BCUT2D eigenvalue weighted by Gasteiger charge is 2.33. The summed E-state index contributed by atoms with van der Waals surface area (Å²) in [5.74, 6) is -2.88. The number of aromatic nitrogens is 1. The van der Waals surface area contributed by atoms with Gasteiger partial charge in [0.25, 0.3) is 0 Å². The standard InChI is InChI=1S/C18H12Br2F3N3O2/c1-28-18(27)14-13(6-19)25-17(16-12(23)5-9(22)7-24-16)26-15(14)10-3-2-8(21)4-11(10)20/h2-5,7,15H,6H2,1H3,(H,25,26). The fourth-order valence-electron chi connectivity index (χ4n) is 2.71. The predicted molar refractivity (Wildman–Crippen MR) is 104 cm³/mol. The predicted octanol–water partition coefficient (Wildman–Crippen LogP) is 4.17. The number of esters is 1. The zero-order valence-corrected chi connectivity index (χ0v) is 17.4. The van der Waals surface area contributed by atoms with Gasteiger partial charge in [0.15, 0.2) is 11.7 Å². The maximum Gasteiger partial charge on any atom is 0.338 e. The van der Waals surface area contributed by atoms with Gasteiger partial charge in [-0.1, -0.05) is 37.9 Å². The van der Waals surface area contributed by atoms with E-state index in [0.29, 0.717) is 21.8 Å². The van der Waals surface area contributed by atoms with E-state index < -0.39 is 29.5 Å². The molecule has 0 saturated heterocycles. The van der Waals surface area contributed by atoms with Crippen LogP contribution in [0.1, 0.15) is 17.3 Å². The minimum Gasteiger partial charge on any atom is -0.466 e. The number of pyridine rings is 1. The van der Waals surface area contributed by atoms with E-state index in [-0.39, 0.29) is 22.4 Å². The molecule has 2 heterocycles. The summed E-state index contributed by atoms with van der Waals surface area (Å²) in [6.07, 6.45) is 0.860. The Morgan fingerprint density at radius 1 is 1.25 bits per heavy atom. The molecule has 0 spiro atoms. The molecule has 1 aliphatic rings. The maximum atomic E-state index is 14.2. The molecule has 0 aliphatic carbocycles. The molecule has 0 saturated carbocycles. The topological polar surface area (TPSA) is 63.6 Å². The molecular weight excluding hydrogens is 507 g/mol. The number of hydrogen-bond donors (Lipinski definition) is 1. The minimum absolute atomic E-state index is 0.000767. The molecule has 1 aliphatic heterocycles. The van der Waals surface area contributed by atoms with Crippen LogP contribution in [0.15, 0.2) is 51.2 Å². The molecule has 1 unspecified atom stereocenters. The number of allylic oxidation sites excluding steroid dienone is 1. The summed E-state index contributed by atoms with van der Waals surface area (Å²) in [5, 5.41) is 3.03. The van der Waals surface area contributed by atoms with Gasteiger partial charge in [-0.25, -0.2) is 22.9 Å². The number of aliphatic imine (C=N–C) groups is 1. The van der Waals surface area contributed by atoms with Crippen LogP contribution in [-0.4, -0.2) is 29.2 Å². The summed E-state index contributed by atoms with van der Waals surface area (Å²) < 4.78 is 46.2. The van der Waals surface area contributed by atoms with Crippen molar-refractivity contribution in [1.29, 1.82) is 0 Å². The Morgan fingerprint density at radius 3 is 2.61 bits per heavy atom. The average molecular weight is 519 g/mol. The number of hydrogen-bond acceptors (Lipinski definition) is 5. The highest BCUT2D eigenvalue weighted by atomic mass is 79.9. The molecule has 2 aromatic rings. The van der Waals surface area contributed by atoms with E-state index in [4.69, 9.17) is 4.74 Å². The maximum absolute atomic E-state index is 14.2. The Bertz CT molecular complexity index is 1010. The van der Waals surface area contributed by atoms with Gasteiger partial charge in [0.2, 0.25) is 0 Å². The molecule has 0 bridgehead atoms. The monoisotopic (exact) mass is 517 g/mol. The van der Waals surface area contributed by atoms with E-state index in [1.807, 2.05) is 0 Å². The van der Waals surface area contributed by atoms with Crippen LogP contribution >= 0.6 is 31.9 Å². The molecule has 0 radical (unpaired) electrons. The number of nitrogens with one attached hydrogen (secondary N) is 1. The first-order valence-electron chi connectivity index (χ1n) is 7.84. The zero-order chi connectivity index (χ0) is 20.4. The van der Waals surface area contributed by atoms with Crippen LogP contribution in [0.25, 0.3) is 0 Å². The lowest BCUT2D eigenvalue weighted by molar-refractivity contribution is -0.136. The first kappa shape index (κ1) is 20.5. The van der Waals surface area contributed by atoms with E-state index >= 15 is 0 Å². The van der Waals surface area contributed by atoms with Crippen LogP contribution in [0.2, 0.25) is 0 Å². The number of carbonyl (C=O) groups is 1. The van der Waals surface area contributed by atoms with Gasteiger partial charge in [0.05, 0.1) is 18.9 Å². The number of methoxy groups -OCH3 is 1. The van der Waals surface area contributed by atoms with E-state index in [0.717, 1.165) is 6.20 Å². The second-order valence-corrected chi connectivity index (χ2v) is 7.09. The van der Waals surface area contributed by atoms with Crippen LogP contribution in [0.5, 0.6) is 0 Å². The number of benzene rings is 1. The van der Waals surface area contributed by atoms with Crippen LogP contribution in [-0.2, 0) is 9.53 Å². The van der Waals surface area contributed by atoms with Crippen LogP contribution in [0.4, 0.5) is 13.2 Å². The fraction of sp³-hybridized carbons (Fsp3) is 0.167. The Morgan fingerprint density at radius 2 is 2.00 bits per heavy atom. The van der Waals surface area contributed by atoms with Gasteiger partial charge >= 0.3 is 5.97 Å². The molecule has 0 amide bonds. The molecule has 1 atom stereocenters. The number of amidine groups is 1. The molecule has 1 aromatic carbocycles. The van der Waals surface area contributed by atoms with Gasteiger partial charge in [-0.2, -0.15) is 0 Å². The third kappa shape index (κ3) is 3.97. The van der Waals surface area contributed by atoms with Crippen molar-refractivity contribution in [2.75, 3.05) is 12.4 Å². The molecule has 10 heteroatoms. The summed E-state index contributed by atoms with van der Waals surface area (Å²) in [5.41, 5.74) is 0.773. The van der Waals surface area contributed by atoms with E-state index in [9.17, 15) is 18.0 Å². The lowest BCUT2D eigenvalue weighted by atomic mass is 9.95. The van der Waals surface area contributed by atoms with E-state index in [1.165, 1.54) is 25.3 Å². The van der Waals surface area contributed by atoms with Crippen molar-refractivity contribution in [3.63, 3.8) is 0 Å². The van der Waals surface area contributed by atoms with Crippen molar-refractivity contribution in [3.8, 4) is 0 Å². The highest BCUT2D eigenvalue weighted by Crippen LogP contribution is 2.36. The van der Waals surface area contributed by atoms with Gasteiger partial charge in [-0.05, 0) is 17.7 Å². The smallest absolute Gasteiger partial charge is 0.338 e. The normalized spacial score (nSPS) is 16.5. The van der Waals surface area contributed by atoms with Gasteiger partial charge in [-0.3, -0.25) is 4.99 Å². The molecule has 3 rings (SSSR count). The average Bonchev–Trinajstić information content (AvgIpc) is 2.66. The number of carbonyl (C=O) groups excluding carboxylic acids is 1. The fourth-order valence-corrected chi connectivity index (χ4v) is 3.72. The lowest BCUT2D eigenvalue weighted by Crippen LogP contribution is -2.35. The summed E-state index contributed by atoms with van der Waals surface area (Å²) in [6, 6.07) is 3.66. The summed E-state index contributed by atoms with van der Waals surface area (Å²) in [6.45, 7) is 0. The SMILES string of the molecule is COC(=O)C1=C(CBr)NC(c2ncc(F)cc2F)=NC1c1ccc(F)cc1Br. The molecule has 28 heavy (non-hydrogen) atoms. The van der Waals surface area contributed by atoms with E-state index in [2.05, 4.69) is 47.2 Å². The molecule has 1 N–H and O–H groups in total. The molecule has 1 aromatic heterocycles. The number of alkyl halides is 1. The van der Waals surface area contributed by atoms with Crippen molar-refractivity contribution in [1.82, 2.24) is 10.3 Å². The van der Waals surface area contributed by atoms with Gasteiger partial charge in [0, 0.05) is 21.6 Å². The zero-order valence-electron chi connectivity index (χ0n) is 14.3. The van der Waals surface area contributed by atoms with Crippen LogP contribution in [0.3, 0.4) is 0 Å². The van der Waals surface area contributed by atoms with Gasteiger partial charge in [-0.15, -0.1) is 0 Å². The number of ether oxygens (including phenoxy) is 1. The third-order valence-electron chi connectivity index (χ3n) is 3.95.